The van der Waals surface area contributed by atoms with Crippen LogP contribution in [-0.2, 0) is 9.98 Å². The van der Waals surface area contributed by atoms with Crippen molar-refractivity contribution in [3.63, 3.8) is 0 Å². The molecule has 4 bridgehead atoms. The third-order valence-electron chi connectivity index (χ3n) is 8.85. The highest BCUT2D eigenvalue weighted by molar-refractivity contribution is 7.60. The lowest BCUT2D eigenvalue weighted by Gasteiger charge is -2.57. The second-order valence-electron chi connectivity index (χ2n) is 11.6. The largest absolute Gasteiger partial charge is 0.457 e. The molecular weight excluding hydrogens is 493 g/mol. The van der Waals surface area contributed by atoms with Crippen LogP contribution >= 0.6 is 7.60 Å². The van der Waals surface area contributed by atoms with E-state index in [9.17, 15) is 14.4 Å². The monoisotopic (exact) mass is 524 g/mol. The van der Waals surface area contributed by atoms with Gasteiger partial charge in [-0.15, -0.1) is 0 Å². The van der Waals surface area contributed by atoms with Crippen molar-refractivity contribution >= 4 is 12.9 Å². The number of benzene rings is 3. The molecule has 4 nitrogen and oxygen atoms in total. The average molecular weight is 525 g/mol. The molecule has 3 aromatic rings. The maximum Gasteiger partial charge on any atom is 0.356 e. The van der Waals surface area contributed by atoms with E-state index in [-0.39, 0.29) is 27.6 Å². The van der Waals surface area contributed by atoms with Crippen LogP contribution in [-0.4, -0.2) is 9.79 Å². The van der Waals surface area contributed by atoms with Gasteiger partial charge < -0.3 is 14.5 Å². The number of hydrogen-bond acceptors (Lipinski definition) is 2. The Morgan fingerprint density at radius 3 is 1.81 bits per heavy atom. The molecule has 7 rings (SSSR count). The van der Waals surface area contributed by atoms with Gasteiger partial charge in [-0.25, -0.2) is 8.78 Å². The summed E-state index contributed by atoms with van der Waals surface area (Å²) in [6.07, 6.45) is 7.41. The van der Waals surface area contributed by atoms with Crippen molar-refractivity contribution in [2.75, 3.05) is 0 Å². The number of halogens is 2. The van der Waals surface area contributed by atoms with Gasteiger partial charge in [0.15, 0.2) is 0 Å². The molecule has 37 heavy (non-hydrogen) atoms. The molecule has 0 spiro atoms. The van der Waals surface area contributed by atoms with Crippen LogP contribution in [0.15, 0.2) is 48.5 Å². The highest BCUT2D eigenvalue weighted by Gasteiger charge is 2.51. The van der Waals surface area contributed by atoms with Gasteiger partial charge in [0.2, 0.25) is 0 Å². The van der Waals surface area contributed by atoms with Crippen molar-refractivity contribution in [1.82, 2.24) is 0 Å². The van der Waals surface area contributed by atoms with E-state index >= 15 is 8.78 Å². The minimum absolute atomic E-state index is 0.0788. The Morgan fingerprint density at radius 2 is 1.32 bits per heavy atom. The summed E-state index contributed by atoms with van der Waals surface area (Å²) in [5, 5.41) is -0.0937. The minimum Gasteiger partial charge on any atom is -0.457 e. The predicted molar refractivity (Wildman–Crippen MR) is 139 cm³/mol. The van der Waals surface area contributed by atoms with Crippen LogP contribution in [0.3, 0.4) is 0 Å². The lowest BCUT2D eigenvalue weighted by Crippen LogP contribution is -2.48. The number of aryl methyl sites for hydroxylation is 2. The highest BCUT2D eigenvalue weighted by atomic mass is 31.2. The van der Waals surface area contributed by atoms with Crippen molar-refractivity contribution in [1.29, 1.82) is 0 Å². The van der Waals surface area contributed by atoms with Crippen molar-refractivity contribution in [2.24, 2.45) is 17.8 Å². The average Bonchev–Trinajstić information content (AvgIpc) is 2.80. The van der Waals surface area contributed by atoms with Gasteiger partial charge >= 0.3 is 7.60 Å². The maximum absolute atomic E-state index is 15.4. The van der Waals surface area contributed by atoms with Crippen LogP contribution in [0, 0.1) is 43.2 Å². The lowest BCUT2D eigenvalue weighted by atomic mass is 9.48. The Hall–Kier alpha value is -2.53. The molecule has 7 heteroatoms. The van der Waals surface area contributed by atoms with E-state index in [2.05, 4.69) is 0 Å². The SMILES string of the molecule is Cc1cc(P(=O)(O)O)cc(C)c1Oc1ccc(-c2ccc([C@]34CC5C[C@@H](C[C@H](C5)C3)C4)cc2F)c(F)c1. The second-order valence-corrected chi connectivity index (χ2v) is 13.2. The summed E-state index contributed by atoms with van der Waals surface area (Å²) in [4.78, 5) is 18.9. The fourth-order valence-corrected chi connectivity index (χ4v) is 8.40. The molecule has 4 aliphatic carbocycles. The Balaban J connectivity index is 1.26. The first-order chi connectivity index (χ1) is 17.5. The van der Waals surface area contributed by atoms with E-state index in [1.54, 1.807) is 32.0 Å². The molecule has 2 N–H and O–H groups in total. The molecular formula is C30H31F2O4P. The molecule has 4 fully saturated rings. The van der Waals surface area contributed by atoms with E-state index in [1.165, 1.54) is 43.5 Å². The third kappa shape index (κ3) is 4.43. The molecule has 4 saturated carbocycles. The first-order valence-electron chi connectivity index (χ1n) is 13.0. The van der Waals surface area contributed by atoms with Gasteiger partial charge in [-0.1, -0.05) is 12.1 Å². The first-order valence-corrected chi connectivity index (χ1v) is 14.6. The zero-order valence-corrected chi connectivity index (χ0v) is 21.9. The molecule has 0 unspecified atom stereocenters. The van der Waals surface area contributed by atoms with Crippen molar-refractivity contribution in [3.8, 4) is 22.6 Å². The van der Waals surface area contributed by atoms with E-state index in [0.29, 0.717) is 16.9 Å². The zero-order chi connectivity index (χ0) is 26.1. The number of ether oxygens (including phenoxy) is 1. The van der Waals surface area contributed by atoms with Gasteiger partial charge in [0, 0.05) is 17.2 Å². The summed E-state index contributed by atoms with van der Waals surface area (Å²) in [5.41, 5.74) is 2.60. The summed E-state index contributed by atoms with van der Waals surface area (Å²) in [6, 6.07) is 12.4. The van der Waals surface area contributed by atoms with Gasteiger partial charge in [0.25, 0.3) is 0 Å². The van der Waals surface area contributed by atoms with Crippen LogP contribution in [0.1, 0.15) is 55.2 Å². The van der Waals surface area contributed by atoms with E-state index in [0.717, 1.165) is 42.6 Å². The fourth-order valence-electron chi connectivity index (χ4n) is 7.68. The van der Waals surface area contributed by atoms with Crippen LogP contribution in [0.5, 0.6) is 11.5 Å². The van der Waals surface area contributed by atoms with E-state index < -0.39 is 19.2 Å². The van der Waals surface area contributed by atoms with Crippen molar-refractivity contribution in [3.05, 3.63) is 76.9 Å². The number of rotatable bonds is 5. The maximum atomic E-state index is 15.4. The summed E-state index contributed by atoms with van der Waals surface area (Å²) in [6.45, 7) is 3.35. The summed E-state index contributed by atoms with van der Waals surface area (Å²) < 4.78 is 48.1. The summed E-state index contributed by atoms with van der Waals surface area (Å²) in [5.74, 6) is 1.91. The molecule has 194 valence electrons. The summed E-state index contributed by atoms with van der Waals surface area (Å²) >= 11 is 0. The molecule has 0 aliphatic heterocycles. The Labute approximate surface area is 215 Å². The quantitative estimate of drug-likeness (QED) is 0.344. The number of hydrogen-bond donors (Lipinski definition) is 2. The van der Waals surface area contributed by atoms with E-state index in [1.807, 2.05) is 6.07 Å². The molecule has 4 aliphatic rings. The first kappa shape index (κ1) is 24.8. The predicted octanol–water partition coefficient (Wildman–Crippen LogP) is 7.31. The molecule has 0 radical (unpaired) electrons. The van der Waals surface area contributed by atoms with Gasteiger partial charge in [-0.3, -0.25) is 4.57 Å². The molecule has 0 aromatic heterocycles. The fraction of sp³-hybridized carbons (Fsp3) is 0.400. The topological polar surface area (TPSA) is 66.8 Å². The van der Waals surface area contributed by atoms with E-state index in [4.69, 9.17) is 4.74 Å². The Kier molecular flexibility index (Phi) is 5.87. The molecule has 0 heterocycles. The van der Waals surface area contributed by atoms with Crippen LogP contribution in [0.2, 0.25) is 0 Å². The molecule has 0 saturated heterocycles. The van der Waals surface area contributed by atoms with Gasteiger partial charge in [0.05, 0.1) is 5.30 Å². The standard InChI is InChI=1S/C30H31F2O4P/c1-17-7-24(37(33,34)35)8-18(2)29(17)36-23-4-6-26(28(32)13-23)25-5-3-22(12-27(25)31)30-14-19-9-20(15-30)11-21(10-19)16-30/h3-8,12-13,19-21H,9-11,14-16H2,1-2H3,(H2,33,34,35)/t19-,20-,21?,30-/m1/s1. The zero-order valence-electron chi connectivity index (χ0n) is 21.0. The van der Waals surface area contributed by atoms with Gasteiger partial charge in [-0.2, -0.15) is 0 Å². The molecule has 0 amide bonds. The van der Waals surface area contributed by atoms with Crippen LogP contribution in [0.25, 0.3) is 11.1 Å². The smallest absolute Gasteiger partial charge is 0.356 e. The van der Waals surface area contributed by atoms with Gasteiger partial charge in [-0.05, 0) is 123 Å². The Bertz CT molecular complexity index is 1390. The Morgan fingerprint density at radius 1 is 0.811 bits per heavy atom. The highest BCUT2D eigenvalue weighted by Crippen LogP contribution is 2.60. The van der Waals surface area contributed by atoms with Crippen LogP contribution in [0.4, 0.5) is 8.78 Å². The van der Waals surface area contributed by atoms with Crippen LogP contribution < -0.4 is 10.0 Å². The van der Waals surface area contributed by atoms with Crippen molar-refractivity contribution in [2.45, 2.75) is 57.8 Å². The minimum atomic E-state index is -4.40. The lowest BCUT2D eigenvalue weighted by molar-refractivity contribution is -0.00530. The molecule has 3 aromatic carbocycles. The molecule has 0 atom stereocenters. The third-order valence-corrected chi connectivity index (χ3v) is 9.78. The van der Waals surface area contributed by atoms with Crippen molar-refractivity contribution < 1.29 is 27.9 Å². The normalized spacial score (nSPS) is 26.5. The van der Waals surface area contributed by atoms with Gasteiger partial charge in [0.1, 0.15) is 23.1 Å². The summed E-state index contributed by atoms with van der Waals surface area (Å²) in [7, 11) is -4.40. The second kappa shape index (κ2) is 8.76.